The average molecular weight is 352 g/mol. The minimum atomic E-state index is -0.927. The van der Waals surface area contributed by atoms with Gasteiger partial charge < -0.3 is 20.1 Å². The first-order valence-electron chi connectivity index (χ1n) is 7.85. The molecule has 0 aromatic carbocycles. The summed E-state index contributed by atoms with van der Waals surface area (Å²) < 4.78 is 4.80. The Kier molecular flexibility index (Phi) is 6.06. The van der Waals surface area contributed by atoms with Crippen LogP contribution >= 0.6 is 11.8 Å². The van der Waals surface area contributed by atoms with Crippen LogP contribution in [0.4, 0.5) is 5.69 Å². The summed E-state index contributed by atoms with van der Waals surface area (Å²) in [5, 5.41) is 14.0. The van der Waals surface area contributed by atoms with Crippen molar-refractivity contribution in [1.82, 2.24) is 10.3 Å². The third-order valence-electron chi connectivity index (χ3n) is 3.90. The van der Waals surface area contributed by atoms with Crippen molar-refractivity contribution in [1.29, 1.82) is 0 Å². The quantitative estimate of drug-likeness (QED) is 0.714. The van der Waals surface area contributed by atoms with Crippen LogP contribution in [0, 0.1) is 0 Å². The minimum absolute atomic E-state index is 0.0655. The number of likely N-dealkylation sites (N-methyl/N-ethyl adjacent to an activating group) is 2. The molecular formula is C16H24N4O3S. The Morgan fingerprint density at radius 1 is 1.58 bits per heavy atom. The van der Waals surface area contributed by atoms with Gasteiger partial charge in [0.1, 0.15) is 16.5 Å². The molecule has 0 saturated heterocycles. The van der Waals surface area contributed by atoms with Crippen LogP contribution in [-0.2, 0) is 9.53 Å². The highest BCUT2D eigenvalue weighted by atomic mass is 32.2. The lowest BCUT2D eigenvalue weighted by Crippen LogP contribution is -2.34. The fourth-order valence-corrected chi connectivity index (χ4v) is 3.60. The summed E-state index contributed by atoms with van der Waals surface area (Å²) in [4.78, 5) is 22.8. The van der Waals surface area contributed by atoms with Crippen molar-refractivity contribution in [3.05, 3.63) is 18.0 Å². The number of anilines is 1. The van der Waals surface area contributed by atoms with Gasteiger partial charge in [0.15, 0.2) is 5.54 Å². The number of rotatable bonds is 7. The van der Waals surface area contributed by atoms with Crippen molar-refractivity contribution in [2.45, 2.75) is 19.4 Å². The number of nitrogens with zero attached hydrogens (tertiary/aromatic N) is 3. The predicted molar refractivity (Wildman–Crippen MR) is 97.1 cm³/mol. The lowest BCUT2D eigenvalue weighted by atomic mass is 10.1. The van der Waals surface area contributed by atoms with E-state index in [4.69, 9.17) is 4.74 Å². The highest BCUT2D eigenvalue weighted by Crippen LogP contribution is 2.34. The van der Waals surface area contributed by atoms with Gasteiger partial charge in [-0.15, -0.1) is 11.8 Å². The Morgan fingerprint density at radius 2 is 2.33 bits per heavy atom. The lowest BCUT2D eigenvalue weighted by Gasteiger charge is -2.23. The third kappa shape index (κ3) is 3.81. The number of aliphatic imine (C=N–C) groups is 1. The second-order valence-electron chi connectivity index (χ2n) is 5.72. The minimum Gasteiger partial charge on any atom is -0.506 e. The highest BCUT2D eigenvalue weighted by molar-refractivity contribution is 8.14. The number of carbonyl (C=O) groups excluding carboxylic acids is 1. The molecule has 0 bridgehead atoms. The Morgan fingerprint density at radius 3 is 2.92 bits per heavy atom. The summed E-state index contributed by atoms with van der Waals surface area (Å²) in [5.41, 5.74) is 0.332. The molecule has 1 aliphatic heterocycles. The van der Waals surface area contributed by atoms with Crippen molar-refractivity contribution < 1.29 is 14.6 Å². The topological polar surface area (TPSA) is 87.0 Å². The van der Waals surface area contributed by atoms with Crippen LogP contribution in [0.15, 0.2) is 17.3 Å². The van der Waals surface area contributed by atoms with Crippen LogP contribution < -0.4 is 10.2 Å². The van der Waals surface area contributed by atoms with Gasteiger partial charge in [0, 0.05) is 31.5 Å². The standard InChI is InChI=1S/C16H24N4O3S/c1-5-20(7-6-17-3)11-8-12(21)13(18-9-11)14-19-16(2,10-24-14)15(22)23-4/h8-9,17,21H,5-7,10H2,1-4H3. The lowest BCUT2D eigenvalue weighted by molar-refractivity contribution is -0.145. The van der Waals surface area contributed by atoms with E-state index in [1.54, 1.807) is 19.2 Å². The van der Waals surface area contributed by atoms with E-state index in [1.165, 1.54) is 18.9 Å². The molecule has 0 saturated carbocycles. The second kappa shape index (κ2) is 7.85. The molecule has 132 valence electrons. The molecule has 0 fully saturated rings. The monoisotopic (exact) mass is 352 g/mol. The van der Waals surface area contributed by atoms with E-state index in [0.717, 1.165) is 25.3 Å². The maximum Gasteiger partial charge on any atom is 0.334 e. The van der Waals surface area contributed by atoms with E-state index in [9.17, 15) is 9.90 Å². The van der Waals surface area contributed by atoms with Crippen molar-refractivity contribution in [2.75, 3.05) is 44.4 Å². The summed E-state index contributed by atoms with van der Waals surface area (Å²) in [6, 6.07) is 1.69. The Hall–Kier alpha value is -1.80. The normalized spacial score (nSPS) is 19.9. The maximum atomic E-state index is 11.8. The molecule has 24 heavy (non-hydrogen) atoms. The van der Waals surface area contributed by atoms with Gasteiger partial charge in [0.25, 0.3) is 0 Å². The molecule has 1 aromatic heterocycles. The average Bonchev–Trinajstić information content (AvgIpc) is 2.98. The van der Waals surface area contributed by atoms with Crippen molar-refractivity contribution >= 4 is 28.5 Å². The molecule has 0 spiro atoms. The zero-order valence-electron chi connectivity index (χ0n) is 14.5. The van der Waals surface area contributed by atoms with E-state index < -0.39 is 5.54 Å². The number of pyridine rings is 1. The molecular weight excluding hydrogens is 328 g/mol. The number of thioether (sulfide) groups is 1. The van der Waals surface area contributed by atoms with Crippen LogP contribution in [0.1, 0.15) is 19.5 Å². The molecule has 0 amide bonds. The highest BCUT2D eigenvalue weighted by Gasteiger charge is 2.40. The number of nitrogens with one attached hydrogen (secondary N) is 1. The summed E-state index contributed by atoms with van der Waals surface area (Å²) in [5.74, 6) is 0.155. The third-order valence-corrected chi connectivity index (χ3v) is 5.16. The zero-order valence-corrected chi connectivity index (χ0v) is 15.3. The first kappa shape index (κ1) is 18.5. The number of methoxy groups -OCH3 is 1. The van der Waals surface area contributed by atoms with Crippen LogP contribution in [0.25, 0.3) is 0 Å². The predicted octanol–water partition coefficient (Wildman–Crippen LogP) is 1.26. The van der Waals surface area contributed by atoms with Crippen LogP contribution in [-0.4, -0.2) is 66.2 Å². The number of hydrogen-bond acceptors (Lipinski definition) is 8. The SMILES string of the molecule is CCN(CCNC)c1cnc(C2=NC(C)(C(=O)OC)CS2)c(O)c1. The fourth-order valence-electron chi connectivity index (χ4n) is 2.44. The summed E-state index contributed by atoms with van der Waals surface area (Å²) in [6.45, 7) is 6.26. The van der Waals surface area contributed by atoms with E-state index in [0.29, 0.717) is 16.5 Å². The Labute approximate surface area is 146 Å². The van der Waals surface area contributed by atoms with E-state index in [1.807, 2.05) is 7.05 Å². The summed E-state index contributed by atoms with van der Waals surface area (Å²) in [6.07, 6.45) is 1.73. The smallest absolute Gasteiger partial charge is 0.334 e. The van der Waals surface area contributed by atoms with Gasteiger partial charge in [-0.05, 0) is 20.9 Å². The van der Waals surface area contributed by atoms with Gasteiger partial charge >= 0.3 is 5.97 Å². The number of hydrogen-bond donors (Lipinski definition) is 2. The van der Waals surface area contributed by atoms with Crippen LogP contribution in [0.3, 0.4) is 0 Å². The van der Waals surface area contributed by atoms with Gasteiger partial charge in [-0.2, -0.15) is 0 Å². The zero-order chi connectivity index (χ0) is 17.7. The van der Waals surface area contributed by atoms with E-state index in [2.05, 4.69) is 27.1 Å². The van der Waals surface area contributed by atoms with Crippen LogP contribution in [0.2, 0.25) is 0 Å². The van der Waals surface area contributed by atoms with Gasteiger partial charge in [-0.1, -0.05) is 0 Å². The Balaban J connectivity index is 2.24. The number of carbonyl (C=O) groups is 1. The molecule has 0 aliphatic carbocycles. The summed E-state index contributed by atoms with van der Waals surface area (Å²) in [7, 11) is 3.25. The number of aromatic nitrogens is 1. The first-order chi connectivity index (χ1) is 11.4. The molecule has 0 radical (unpaired) electrons. The van der Waals surface area contributed by atoms with Gasteiger partial charge in [-0.25, -0.2) is 9.78 Å². The molecule has 1 aromatic rings. The van der Waals surface area contributed by atoms with Gasteiger partial charge in [0.2, 0.25) is 0 Å². The van der Waals surface area contributed by atoms with Gasteiger partial charge in [-0.3, -0.25) is 4.99 Å². The Bertz CT molecular complexity index is 638. The first-order valence-corrected chi connectivity index (χ1v) is 8.83. The van der Waals surface area contributed by atoms with Crippen molar-refractivity contribution in [3.8, 4) is 5.75 Å². The molecule has 7 nitrogen and oxygen atoms in total. The van der Waals surface area contributed by atoms with E-state index in [-0.39, 0.29) is 11.7 Å². The fraction of sp³-hybridized carbons (Fsp3) is 0.562. The largest absolute Gasteiger partial charge is 0.506 e. The van der Waals surface area contributed by atoms with Crippen molar-refractivity contribution in [3.63, 3.8) is 0 Å². The van der Waals surface area contributed by atoms with Crippen LogP contribution in [0.5, 0.6) is 5.75 Å². The molecule has 1 atom stereocenters. The molecule has 8 heteroatoms. The molecule has 1 aliphatic rings. The molecule has 1 unspecified atom stereocenters. The van der Waals surface area contributed by atoms with Gasteiger partial charge in [0.05, 0.1) is 19.0 Å². The number of aromatic hydroxyl groups is 1. The second-order valence-corrected chi connectivity index (χ2v) is 6.68. The van der Waals surface area contributed by atoms with E-state index >= 15 is 0 Å². The number of esters is 1. The molecule has 2 rings (SSSR count). The summed E-state index contributed by atoms with van der Waals surface area (Å²) >= 11 is 1.40. The maximum absolute atomic E-state index is 11.8. The van der Waals surface area contributed by atoms with Crippen molar-refractivity contribution in [2.24, 2.45) is 4.99 Å². The molecule has 2 N–H and O–H groups in total. The number of ether oxygens (including phenoxy) is 1. The molecule has 2 heterocycles.